The second kappa shape index (κ2) is 13.8. The van der Waals surface area contributed by atoms with Crippen LogP contribution in [0.15, 0.2) is 101 Å². The van der Waals surface area contributed by atoms with Crippen molar-refractivity contribution in [1.82, 2.24) is 0 Å². The highest BCUT2D eigenvalue weighted by molar-refractivity contribution is 7.00. The summed E-state index contributed by atoms with van der Waals surface area (Å²) in [5, 5.41) is 0.823. The zero-order valence-electron chi connectivity index (χ0n) is 50.3. The number of furan rings is 1. The summed E-state index contributed by atoms with van der Waals surface area (Å²) in [5.74, 6) is 0. The molecule has 0 radical (unpaired) electrons. The van der Waals surface area contributed by atoms with Crippen molar-refractivity contribution in [1.29, 1.82) is 0 Å². The van der Waals surface area contributed by atoms with E-state index in [4.69, 9.17) is 7.16 Å². The van der Waals surface area contributed by atoms with Gasteiger partial charge in [-0.15, -0.1) is 0 Å². The van der Waals surface area contributed by atoms with Gasteiger partial charge in [-0.05, 0) is 180 Å². The summed E-state index contributed by atoms with van der Waals surface area (Å²) in [7, 11) is 0. The Bertz CT molecular complexity index is 3710. The second-order valence-corrected chi connectivity index (χ2v) is 26.5. The molecule has 7 aromatic rings. The fourth-order valence-electron chi connectivity index (χ4n) is 13.2. The van der Waals surface area contributed by atoms with Gasteiger partial charge in [0.1, 0.15) is 5.58 Å². The van der Waals surface area contributed by atoms with E-state index in [1.54, 1.807) is 0 Å². The molecule has 0 unspecified atom stereocenters. The molecule has 0 fully saturated rings. The highest BCUT2D eigenvalue weighted by atomic mass is 16.3. The molecule has 4 heteroatoms. The Labute approximate surface area is 417 Å². The van der Waals surface area contributed by atoms with Crippen LogP contribution >= 0.6 is 0 Å². The molecule has 0 saturated heterocycles. The van der Waals surface area contributed by atoms with Gasteiger partial charge in [-0.3, -0.25) is 0 Å². The van der Waals surface area contributed by atoms with Crippen molar-refractivity contribution in [2.45, 2.75) is 180 Å². The predicted octanol–water partition coefficient (Wildman–Crippen LogP) is 16.0. The third-order valence-electron chi connectivity index (χ3n) is 18.1. The van der Waals surface area contributed by atoms with E-state index in [1.165, 1.54) is 33.4 Å². The van der Waals surface area contributed by atoms with Crippen LogP contribution in [0.25, 0.3) is 21.7 Å². The lowest BCUT2D eigenvalue weighted by Gasteiger charge is -2.47. The lowest BCUT2D eigenvalue weighted by Crippen LogP contribution is -2.61. The van der Waals surface area contributed by atoms with Gasteiger partial charge in [0.25, 0.3) is 6.71 Å². The largest absolute Gasteiger partial charge is 0.468 e. The first-order valence-corrected chi connectivity index (χ1v) is 25.4. The van der Waals surface area contributed by atoms with E-state index < -0.39 is 42.3 Å². The van der Waals surface area contributed by atoms with Gasteiger partial charge < -0.3 is 14.2 Å². The molecule has 0 amide bonds. The topological polar surface area (TPSA) is 19.6 Å². The minimum absolute atomic E-state index is 0.00736. The Kier molecular flexibility index (Phi) is 7.43. The minimum atomic E-state index is -0.473. The molecule has 5 aliphatic rings. The molecule has 0 N–H and O–H groups in total. The summed E-state index contributed by atoms with van der Waals surface area (Å²) in [6, 6.07) is 18.6. The smallest absolute Gasteiger partial charge is 0.297 e. The fraction of sp³-hybridized carbons (Fsp3) is 0.438. The van der Waals surface area contributed by atoms with E-state index >= 15 is 0 Å². The van der Waals surface area contributed by atoms with Crippen molar-refractivity contribution in [2.75, 3.05) is 9.80 Å². The zero-order chi connectivity index (χ0) is 54.1. The summed E-state index contributed by atoms with van der Waals surface area (Å²) in [5.41, 5.74) is 16.2. The van der Waals surface area contributed by atoms with Gasteiger partial charge in [-0.2, -0.15) is 0 Å². The molecule has 1 aromatic heterocycles. The Hall–Kier alpha value is -5.22. The van der Waals surface area contributed by atoms with Crippen LogP contribution in [0.1, 0.15) is 191 Å². The van der Waals surface area contributed by atoms with Crippen molar-refractivity contribution < 1.29 is 14.0 Å². The third kappa shape index (κ3) is 6.16. The Morgan fingerprint density at radius 2 is 1.01 bits per heavy atom. The van der Waals surface area contributed by atoms with Crippen LogP contribution in [-0.2, 0) is 37.9 Å². The Morgan fingerprint density at radius 1 is 0.500 bits per heavy atom. The van der Waals surface area contributed by atoms with Gasteiger partial charge >= 0.3 is 0 Å². The highest BCUT2D eigenvalue weighted by Gasteiger charge is 2.51. The first-order valence-electron chi connectivity index (χ1n) is 28.9. The number of rotatable bonds is 2. The molecule has 12 rings (SSSR count). The van der Waals surface area contributed by atoms with Crippen molar-refractivity contribution in [3.8, 4) is 0 Å². The number of benzene rings is 6. The van der Waals surface area contributed by atoms with Crippen molar-refractivity contribution in [3.05, 3.63) is 136 Å². The highest BCUT2D eigenvalue weighted by Crippen LogP contribution is 2.55. The van der Waals surface area contributed by atoms with Crippen LogP contribution in [0.4, 0.5) is 34.1 Å². The Morgan fingerprint density at radius 3 is 1.63 bits per heavy atom. The standard InChI is InChI=1S/C64H73BN2O/c1-58(2,3)39-31-52-55-53(32-39)67(50-22-18-20-38-19-16-17-21-41(38)50)56-42-34-45-48(64(14,15)30-27-61(45,8)9)37-54(42)68-57(56)65(55)49-35-46-47(63(12,13)29-28-62(46,10)11)36-51(49)66(52)40-23-24-43-44(33-40)60(6,7)26-25-59(43,4)5/h16-24,31-37H,25-30H2,1-15H3/i16D,17D,18D,19D,20D,21D,22D. The van der Waals surface area contributed by atoms with Crippen LogP contribution in [-0.4, -0.2) is 6.71 Å². The van der Waals surface area contributed by atoms with Gasteiger partial charge in [0.2, 0.25) is 0 Å². The van der Waals surface area contributed by atoms with Crippen LogP contribution in [0, 0.1) is 0 Å². The molecule has 3 aliphatic carbocycles. The van der Waals surface area contributed by atoms with Crippen molar-refractivity contribution in [3.63, 3.8) is 0 Å². The van der Waals surface area contributed by atoms with Gasteiger partial charge in [0.05, 0.1) is 26.6 Å². The van der Waals surface area contributed by atoms with E-state index in [-0.39, 0.29) is 61.0 Å². The summed E-state index contributed by atoms with van der Waals surface area (Å²) in [6.07, 6.45) is 6.29. The molecule has 2 aliphatic heterocycles. The van der Waals surface area contributed by atoms with E-state index in [1.807, 2.05) is 4.90 Å². The molecule has 0 spiro atoms. The van der Waals surface area contributed by atoms with Crippen LogP contribution in [0.5, 0.6) is 0 Å². The molecule has 0 bridgehead atoms. The van der Waals surface area contributed by atoms with Crippen molar-refractivity contribution in [2.24, 2.45) is 0 Å². The van der Waals surface area contributed by atoms with E-state index in [0.717, 1.165) is 83.1 Å². The first-order chi connectivity index (χ1) is 34.7. The molecular formula is C64H73BN2O. The Balaban J connectivity index is 1.31. The van der Waals surface area contributed by atoms with Gasteiger partial charge in [0, 0.05) is 33.5 Å². The SMILES string of the molecule is [2H]c1c([2H])c([2H])c2c(N3c4cc(C(C)(C)C)cc5c4B(c4cc6c(cc4N5c4ccc5c(c4)C(C)(C)CCC5(C)C)C(C)(C)CCC6(C)C)c4oc5cc6c(cc5c43)C(C)(C)CCC6(C)C)c([2H])c([2H])c([2H])c2c1[2H]. The van der Waals surface area contributed by atoms with Gasteiger partial charge in [-0.25, -0.2) is 0 Å². The molecule has 68 heavy (non-hydrogen) atoms. The maximum atomic E-state index is 10.1. The third-order valence-corrected chi connectivity index (χ3v) is 18.1. The van der Waals surface area contributed by atoms with Crippen LogP contribution in [0.3, 0.4) is 0 Å². The first kappa shape index (κ1) is 36.7. The second-order valence-electron chi connectivity index (χ2n) is 26.5. The minimum Gasteiger partial charge on any atom is -0.468 e. The molecule has 3 heterocycles. The maximum absolute atomic E-state index is 10.1. The average Bonchev–Trinajstić information content (AvgIpc) is 3.78. The number of anilines is 6. The van der Waals surface area contributed by atoms with Gasteiger partial charge in [-0.1, -0.05) is 152 Å². The number of fused-ring (bicyclic) bond motifs is 10. The summed E-state index contributed by atoms with van der Waals surface area (Å²) in [4.78, 5) is 4.54. The van der Waals surface area contributed by atoms with E-state index in [2.05, 4.69) is 163 Å². The monoisotopic (exact) mass is 904 g/mol. The number of nitrogens with zero attached hydrogens (tertiary/aromatic N) is 2. The molecule has 348 valence electrons. The maximum Gasteiger partial charge on any atom is 0.297 e. The van der Waals surface area contributed by atoms with Crippen molar-refractivity contribution >= 4 is 79.2 Å². The quantitative estimate of drug-likeness (QED) is 0.161. The van der Waals surface area contributed by atoms with Crippen LogP contribution < -0.4 is 26.4 Å². The normalized spacial score (nSPS) is 22.3. The summed E-state index contributed by atoms with van der Waals surface area (Å²) >= 11 is 0. The van der Waals surface area contributed by atoms with Gasteiger partial charge in [0.15, 0.2) is 0 Å². The average molecular weight is 904 g/mol. The lowest BCUT2D eigenvalue weighted by molar-refractivity contribution is 0.332. The lowest BCUT2D eigenvalue weighted by atomic mass is 9.35. The fourth-order valence-corrected chi connectivity index (χ4v) is 13.2. The molecule has 6 aromatic carbocycles. The number of hydrogen-bond donors (Lipinski definition) is 0. The number of hydrogen-bond acceptors (Lipinski definition) is 3. The summed E-state index contributed by atoms with van der Waals surface area (Å²) < 4.78 is 73.5. The van der Waals surface area contributed by atoms with E-state index in [0.29, 0.717) is 16.9 Å². The summed E-state index contributed by atoms with van der Waals surface area (Å²) in [6.45, 7) is 34.6. The molecule has 0 atom stereocenters. The zero-order valence-corrected chi connectivity index (χ0v) is 43.3. The molecule has 0 saturated carbocycles. The molecule has 3 nitrogen and oxygen atoms in total. The molecular weight excluding hydrogens is 824 g/mol. The van der Waals surface area contributed by atoms with Crippen LogP contribution in [0.2, 0.25) is 0 Å². The van der Waals surface area contributed by atoms with E-state index in [9.17, 15) is 6.85 Å². The predicted molar refractivity (Wildman–Crippen MR) is 292 cm³/mol.